The van der Waals surface area contributed by atoms with Crippen LogP contribution in [0.4, 0.5) is 30.7 Å². The molecule has 10 heteroatoms. The van der Waals surface area contributed by atoms with Crippen molar-refractivity contribution in [2.45, 2.75) is 50.2 Å². The van der Waals surface area contributed by atoms with Crippen LogP contribution in [0.5, 0.6) is 0 Å². The van der Waals surface area contributed by atoms with Gasteiger partial charge < -0.3 is 9.47 Å². The van der Waals surface area contributed by atoms with Crippen LogP contribution >= 0.6 is 0 Å². The molecule has 1 aliphatic carbocycles. The highest BCUT2D eigenvalue weighted by atomic mass is 19.4. The maximum atomic E-state index is 13.4. The third-order valence-corrected chi connectivity index (χ3v) is 5.81. The first-order chi connectivity index (χ1) is 15.3. The molecule has 4 atom stereocenters. The van der Waals surface area contributed by atoms with Crippen LogP contribution in [-0.2, 0) is 26.6 Å². The predicted octanol–water partition coefficient (Wildman–Crippen LogP) is 6.68. The van der Waals surface area contributed by atoms with E-state index < -0.39 is 59.3 Å². The van der Waals surface area contributed by atoms with Gasteiger partial charge >= 0.3 is 18.3 Å². The molecule has 0 spiro atoms. The lowest BCUT2D eigenvalue weighted by molar-refractivity contribution is -0.147. The summed E-state index contributed by atoms with van der Waals surface area (Å²) >= 11 is 0. The summed E-state index contributed by atoms with van der Waals surface area (Å²) in [7, 11) is 1.21. The Labute approximate surface area is 185 Å². The molecule has 1 aliphatic rings. The van der Waals surface area contributed by atoms with Gasteiger partial charge in [0, 0.05) is 5.92 Å². The number of ether oxygens (including phenoxy) is 2. The SMILES string of the molecule is COC(=O)C1CCC(O[C@@H](C)c2cc(C(F)(F)F)cc(C(F)(F)F)c2)C1c1ccc(F)cc1. The Balaban J connectivity index is 1.94. The van der Waals surface area contributed by atoms with E-state index in [2.05, 4.69) is 0 Å². The van der Waals surface area contributed by atoms with E-state index >= 15 is 0 Å². The first-order valence-electron chi connectivity index (χ1n) is 10.1. The molecule has 1 saturated carbocycles. The fraction of sp³-hybridized carbons (Fsp3) is 0.435. The monoisotopic (exact) mass is 478 g/mol. The van der Waals surface area contributed by atoms with Gasteiger partial charge in [0.05, 0.1) is 36.4 Å². The standard InChI is InChI=1S/C23H21F7O3/c1-12(14-9-15(22(25,26)27)11-16(10-14)23(28,29)30)33-19-8-7-18(21(31)32-2)20(19)13-3-5-17(24)6-4-13/h3-6,9-12,18-20H,7-8H2,1-2H3/t12-,18?,19?,20?/m0/s1. The molecule has 0 heterocycles. The molecule has 0 aromatic heterocycles. The van der Waals surface area contributed by atoms with Crippen LogP contribution in [0.2, 0.25) is 0 Å². The fourth-order valence-corrected chi connectivity index (χ4v) is 4.22. The molecule has 180 valence electrons. The van der Waals surface area contributed by atoms with Crippen molar-refractivity contribution in [3.05, 3.63) is 70.5 Å². The maximum Gasteiger partial charge on any atom is 0.416 e. The van der Waals surface area contributed by atoms with Gasteiger partial charge in [-0.15, -0.1) is 0 Å². The van der Waals surface area contributed by atoms with Crippen molar-refractivity contribution in [1.82, 2.24) is 0 Å². The number of esters is 1. The Morgan fingerprint density at radius 1 is 0.939 bits per heavy atom. The number of rotatable bonds is 5. The van der Waals surface area contributed by atoms with E-state index in [1.807, 2.05) is 0 Å². The summed E-state index contributed by atoms with van der Waals surface area (Å²) in [4.78, 5) is 12.3. The van der Waals surface area contributed by atoms with Crippen molar-refractivity contribution in [2.24, 2.45) is 5.92 Å². The molecule has 3 unspecified atom stereocenters. The Hall–Kier alpha value is -2.62. The van der Waals surface area contributed by atoms with Crippen molar-refractivity contribution < 1.29 is 45.0 Å². The van der Waals surface area contributed by atoms with Gasteiger partial charge in [-0.1, -0.05) is 12.1 Å². The lowest BCUT2D eigenvalue weighted by atomic mass is 9.87. The number of benzene rings is 2. The van der Waals surface area contributed by atoms with Crippen LogP contribution in [0.15, 0.2) is 42.5 Å². The number of hydrogen-bond acceptors (Lipinski definition) is 3. The topological polar surface area (TPSA) is 35.5 Å². The average Bonchev–Trinajstić information content (AvgIpc) is 3.15. The van der Waals surface area contributed by atoms with Crippen LogP contribution in [-0.4, -0.2) is 19.2 Å². The zero-order valence-electron chi connectivity index (χ0n) is 17.6. The number of carbonyl (C=O) groups is 1. The molecule has 33 heavy (non-hydrogen) atoms. The largest absolute Gasteiger partial charge is 0.469 e. The molecule has 0 saturated heterocycles. The van der Waals surface area contributed by atoms with Crippen LogP contribution in [0.1, 0.15) is 54.0 Å². The summed E-state index contributed by atoms with van der Waals surface area (Å²) in [6, 6.07) is 6.64. The first-order valence-corrected chi connectivity index (χ1v) is 10.1. The van der Waals surface area contributed by atoms with Crippen LogP contribution in [0.3, 0.4) is 0 Å². The van der Waals surface area contributed by atoms with Crippen molar-refractivity contribution in [3.8, 4) is 0 Å². The number of halogens is 7. The van der Waals surface area contributed by atoms with Gasteiger partial charge in [0.2, 0.25) is 0 Å². The quantitative estimate of drug-likeness (QED) is 0.356. The van der Waals surface area contributed by atoms with E-state index in [0.29, 0.717) is 30.5 Å². The predicted molar refractivity (Wildman–Crippen MR) is 104 cm³/mol. The van der Waals surface area contributed by atoms with E-state index in [1.54, 1.807) is 0 Å². The van der Waals surface area contributed by atoms with E-state index in [1.165, 1.54) is 38.3 Å². The van der Waals surface area contributed by atoms with E-state index in [9.17, 15) is 35.5 Å². The Morgan fingerprint density at radius 3 is 1.97 bits per heavy atom. The first kappa shape index (κ1) is 25.0. The highest BCUT2D eigenvalue weighted by Crippen LogP contribution is 2.45. The average molecular weight is 478 g/mol. The van der Waals surface area contributed by atoms with Gasteiger partial charge in [-0.25, -0.2) is 4.39 Å². The maximum absolute atomic E-state index is 13.4. The minimum absolute atomic E-state index is 0.0559. The summed E-state index contributed by atoms with van der Waals surface area (Å²) in [5.41, 5.74) is -2.61. The molecule has 2 aromatic carbocycles. The lowest BCUT2D eigenvalue weighted by Gasteiger charge is -2.28. The molecule has 0 N–H and O–H groups in total. The van der Waals surface area contributed by atoms with Gasteiger partial charge in [0.1, 0.15) is 5.82 Å². The molecule has 3 nitrogen and oxygen atoms in total. The molecule has 2 aromatic rings. The second kappa shape index (κ2) is 9.32. The number of carbonyl (C=O) groups excluding carboxylic acids is 1. The minimum atomic E-state index is -4.98. The molecule has 0 bridgehead atoms. The number of alkyl halides is 6. The molecular formula is C23H21F7O3. The van der Waals surface area contributed by atoms with Gasteiger partial charge in [-0.3, -0.25) is 4.79 Å². The number of hydrogen-bond donors (Lipinski definition) is 0. The second-order valence-corrected chi connectivity index (χ2v) is 7.94. The lowest BCUT2D eigenvalue weighted by Crippen LogP contribution is -2.27. The Morgan fingerprint density at radius 2 is 1.48 bits per heavy atom. The molecule has 3 rings (SSSR count). The molecular weight excluding hydrogens is 457 g/mol. The van der Waals surface area contributed by atoms with Gasteiger partial charge in [0.15, 0.2) is 0 Å². The molecule has 1 fully saturated rings. The van der Waals surface area contributed by atoms with Crippen LogP contribution < -0.4 is 0 Å². The summed E-state index contributed by atoms with van der Waals surface area (Å²) < 4.78 is 103. The van der Waals surface area contributed by atoms with Gasteiger partial charge in [0.25, 0.3) is 0 Å². The highest BCUT2D eigenvalue weighted by Gasteiger charge is 2.44. The second-order valence-electron chi connectivity index (χ2n) is 7.94. The third-order valence-electron chi connectivity index (χ3n) is 5.81. The van der Waals surface area contributed by atoms with E-state index in [-0.39, 0.29) is 11.6 Å². The van der Waals surface area contributed by atoms with Crippen molar-refractivity contribution in [1.29, 1.82) is 0 Å². The van der Waals surface area contributed by atoms with E-state index in [0.717, 1.165) is 0 Å². The zero-order valence-corrected chi connectivity index (χ0v) is 17.6. The normalized spacial score (nSPS) is 22.3. The van der Waals surface area contributed by atoms with Crippen molar-refractivity contribution in [2.75, 3.05) is 7.11 Å². The van der Waals surface area contributed by atoms with Crippen LogP contribution in [0.25, 0.3) is 0 Å². The Bertz CT molecular complexity index is 951. The van der Waals surface area contributed by atoms with Crippen LogP contribution in [0, 0.1) is 11.7 Å². The molecule has 0 radical (unpaired) electrons. The molecule has 0 aliphatic heterocycles. The van der Waals surface area contributed by atoms with Crippen molar-refractivity contribution in [3.63, 3.8) is 0 Å². The zero-order chi connectivity index (χ0) is 24.6. The summed E-state index contributed by atoms with van der Waals surface area (Å²) in [6.45, 7) is 1.35. The smallest absolute Gasteiger partial charge is 0.416 e. The summed E-state index contributed by atoms with van der Waals surface area (Å²) in [6.07, 6.45) is -11.2. The van der Waals surface area contributed by atoms with Gasteiger partial charge in [-0.05, 0) is 61.2 Å². The summed E-state index contributed by atoms with van der Waals surface area (Å²) in [5.74, 6) is -2.28. The summed E-state index contributed by atoms with van der Waals surface area (Å²) in [5, 5.41) is 0. The minimum Gasteiger partial charge on any atom is -0.469 e. The molecule has 0 amide bonds. The van der Waals surface area contributed by atoms with Gasteiger partial charge in [-0.2, -0.15) is 26.3 Å². The fourth-order valence-electron chi connectivity index (χ4n) is 4.22. The third kappa shape index (κ3) is 5.66. The van der Waals surface area contributed by atoms with E-state index in [4.69, 9.17) is 9.47 Å². The Kier molecular flexibility index (Phi) is 7.07. The number of methoxy groups -OCH3 is 1. The van der Waals surface area contributed by atoms with Crippen molar-refractivity contribution >= 4 is 5.97 Å². The highest BCUT2D eigenvalue weighted by molar-refractivity contribution is 5.74.